The van der Waals surface area contributed by atoms with Gasteiger partial charge in [0.25, 0.3) is 0 Å². The normalized spacial score (nSPS) is 25.9. The van der Waals surface area contributed by atoms with Gasteiger partial charge in [-0.2, -0.15) is 5.26 Å². The van der Waals surface area contributed by atoms with Crippen molar-refractivity contribution in [3.05, 3.63) is 29.3 Å². The van der Waals surface area contributed by atoms with E-state index in [1.807, 2.05) is 18.2 Å². The van der Waals surface area contributed by atoms with Crippen molar-refractivity contribution >= 4 is 0 Å². The lowest BCUT2D eigenvalue weighted by Gasteiger charge is -2.43. The molecule has 3 rings (SSSR count). The Kier molecular flexibility index (Phi) is 4.42. The Labute approximate surface area is 126 Å². The molecule has 1 aliphatic heterocycles. The number of hydrogen-bond donors (Lipinski definition) is 0. The van der Waals surface area contributed by atoms with Crippen LogP contribution in [0.4, 0.5) is 0 Å². The lowest BCUT2D eigenvalue weighted by atomic mass is 9.90. The number of hydrogen-bond acceptors (Lipinski definition) is 4. The van der Waals surface area contributed by atoms with E-state index in [1.165, 1.54) is 31.2 Å². The fourth-order valence-corrected chi connectivity index (χ4v) is 3.53. The monoisotopic (exact) mass is 286 g/mol. The minimum atomic E-state index is 0.410. The molecule has 0 amide bonds. The van der Waals surface area contributed by atoms with Gasteiger partial charge in [-0.25, -0.2) is 0 Å². The summed E-state index contributed by atoms with van der Waals surface area (Å²) < 4.78 is 11.2. The maximum absolute atomic E-state index is 9.06. The van der Waals surface area contributed by atoms with Gasteiger partial charge in [-0.3, -0.25) is 4.90 Å². The minimum Gasteiger partial charge on any atom is -0.495 e. The average molecular weight is 286 g/mol. The van der Waals surface area contributed by atoms with Crippen LogP contribution in [-0.4, -0.2) is 37.3 Å². The molecule has 4 nitrogen and oxygen atoms in total. The van der Waals surface area contributed by atoms with Crippen molar-refractivity contribution in [2.45, 2.75) is 44.4 Å². The molecule has 4 heteroatoms. The van der Waals surface area contributed by atoms with Crippen LogP contribution in [0.2, 0.25) is 0 Å². The number of fused-ring (bicyclic) bond motifs is 1. The van der Waals surface area contributed by atoms with Gasteiger partial charge in [0.2, 0.25) is 0 Å². The molecule has 112 valence electrons. The summed E-state index contributed by atoms with van der Waals surface area (Å²) in [6.45, 7) is 2.73. The zero-order valence-electron chi connectivity index (χ0n) is 12.5. The second-order valence-electron chi connectivity index (χ2n) is 5.88. The van der Waals surface area contributed by atoms with Gasteiger partial charge in [0.05, 0.1) is 25.4 Å². The predicted molar refractivity (Wildman–Crippen MR) is 80.1 cm³/mol. The Morgan fingerprint density at radius 3 is 3.05 bits per heavy atom. The molecule has 1 aromatic carbocycles. The predicted octanol–water partition coefficient (Wildman–Crippen LogP) is 2.71. The summed E-state index contributed by atoms with van der Waals surface area (Å²) in [4.78, 5) is 2.54. The first kappa shape index (κ1) is 14.4. The minimum absolute atomic E-state index is 0.410. The van der Waals surface area contributed by atoms with Gasteiger partial charge >= 0.3 is 0 Å². The molecule has 0 spiro atoms. The van der Waals surface area contributed by atoms with Crippen molar-refractivity contribution in [2.75, 3.05) is 20.3 Å². The number of ether oxygens (including phenoxy) is 2. The number of rotatable bonds is 3. The molecule has 21 heavy (non-hydrogen) atoms. The van der Waals surface area contributed by atoms with Crippen LogP contribution in [0.5, 0.6) is 5.75 Å². The largest absolute Gasteiger partial charge is 0.495 e. The van der Waals surface area contributed by atoms with Gasteiger partial charge in [-0.15, -0.1) is 0 Å². The Balaban J connectivity index is 1.75. The van der Waals surface area contributed by atoms with Gasteiger partial charge in [-0.1, -0.05) is 18.9 Å². The summed E-state index contributed by atoms with van der Waals surface area (Å²) in [5, 5.41) is 9.06. The zero-order valence-corrected chi connectivity index (χ0v) is 12.5. The van der Waals surface area contributed by atoms with E-state index < -0.39 is 0 Å². The molecule has 2 fully saturated rings. The lowest BCUT2D eigenvalue weighted by Crippen LogP contribution is -2.52. The van der Waals surface area contributed by atoms with Crippen molar-refractivity contribution in [1.29, 1.82) is 5.26 Å². The van der Waals surface area contributed by atoms with E-state index in [0.29, 0.717) is 23.5 Å². The van der Waals surface area contributed by atoms with Crippen LogP contribution in [-0.2, 0) is 11.3 Å². The standard InChI is InChI=1S/C17H22N2O2/c1-20-17-10-13(6-7-14(17)11-18)12-19-8-9-21-16-5-3-2-4-15(16)19/h6-7,10,15-16H,2-5,8-9,12H2,1H3. The molecule has 1 saturated carbocycles. The van der Waals surface area contributed by atoms with Gasteiger partial charge < -0.3 is 9.47 Å². The second-order valence-corrected chi connectivity index (χ2v) is 5.88. The van der Waals surface area contributed by atoms with Gasteiger partial charge in [-0.05, 0) is 30.5 Å². The first-order valence-corrected chi connectivity index (χ1v) is 7.74. The third-order valence-corrected chi connectivity index (χ3v) is 4.62. The molecule has 1 saturated heterocycles. The highest BCUT2D eigenvalue weighted by Crippen LogP contribution is 2.30. The molecule has 0 bridgehead atoms. The van der Waals surface area contributed by atoms with E-state index in [1.54, 1.807) is 7.11 Å². The number of nitrogens with zero attached hydrogens (tertiary/aromatic N) is 2. The third-order valence-electron chi connectivity index (χ3n) is 4.62. The number of benzene rings is 1. The van der Waals surface area contributed by atoms with E-state index in [4.69, 9.17) is 14.7 Å². The fourth-order valence-electron chi connectivity index (χ4n) is 3.53. The second kappa shape index (κ2) is 6.46. The highest BCUT2D eigenvalue weighted by molar-refractivity contribution is 5.45. The number of methoxy groups -OCH3 is 1. The van der Waals surface area contributed by atoms with Gasteiger partial charge in [0.1, 0.15) is 11.8 Å². The topological polar surface area (TPSA) is 45.5 Å². The Morgan fingerprint density at radius 2 is 2.24 bits per heavy atom. The van der Waals surface area contributed by atoms with Crippen LogP contribution in [0.1, 0.15) is 36.8 Å². The smallest absolute Gasteiger partial charge is 0.136 e. The molecule has 2 aliphatic rings. The van der Waals surface area contributed by atoms with Gasteiger partial charge in [0, 0.05) is 19.1 Å². The van der Waals surface area contributed by atoms with Crippen LogP contribution in [0, 0.1) is 11.3 Å². The highest BCUT2D eigenvalue weighted by Gasteiger charge is 2.33. The molecule has 2 unspecified atom stereocenters. The summed E-state index contributed by atoms with van der Waals surface area (Å²) in [6.07, 6.45) is 5.43. The van der Waals surface area contributed by atoms with Crippen LogP contribution >= 0.6 is 0 Å². The van der Waals surface area contributed by atoms with Crippen molar-refractivity contribution in [1.82, 2.24) is 4.90 Å². The number of nitriles is 1. The summed E-state index contributed by atoms with van der Waals surface area (Å²) in [7, 11) is 1.62. The molecular weight excluding hydrogens is 264 g/mol. The average Bonchev–Trinajstić information content (AvgIpc) is 2.55. The van der Waals surface area contributed by atoms with Crippen LogP contribution < -0.4 is 4.74 Å². The summed E-state index contributed by atoms with van der Waals surface area (Å²) in [6, 6.07) is 8.60. The zero-order chi connectivity index (χ0) is 14.7. The molecule has 1 heterocycles. The molecule has 2 atom stereocenters. The maximum Gasteiger partial charge on any atom is 0.136 e. The summed E-state index contributed by atoms with van der Waals surface area (Å²) >= 11 is 0. The van der Waals surface area contributed by atoms with E-state index >= 15 is 0 Å². The SMILES string of the molecule is COc1cc(CN2CCOC3CCCCC32)ccc1C#N. The van der Waals surface area contributed by atoms with E-state index in [0.717, 1.165) is 19.7 Å². The Morgan fingerprint density at radius 1 is 1.38 bits per heavy atom. The first-order valence-electron chi connectivity index (χ1n) is 7.74. The first-order chi connectivity index (χ1) is 10.3. The van der Waals surface area contributed by atoms with Gasteiger partial charge in [0.15, 0.2) is 0 Å². The van der Waals surface area contributed by atoms with E-state index in [2.05, 4.69) is 11.0 Å². The quantitative estimate of drug-likeness (QED) is 0.857. The summed E-state index contributed by atoms with van der Waals surface area (Å²) in [5.41, 5.74) is 1.80. The van der Waals surface area contributed by atoms with E-state index in [9.17, 15) is 0 Å². The van der Waals surface area contributed by atoms with Crippen molar-refractivity contribution < 1.29 is 9.47 Å². The Hall–Kier alpha value is -1.57. The molecule has 0 N–H and O–H groups in total. The third kappa shape index (κ3) is 3.04. The highest BCUT2D eigenvalue weighted by atomic mass is 16.5. The summed E-state index contributed by atoms with van der Waals surface area (Å²) in [5.74, 6) is 0.670. The molecule has 0 radical (unpaired) electrons. The fraction of sp³-hybridized carbons (Fsp3) is 0.588. The van der Waals surface area contributed by atoms with Crippen molar-refractivity contribution in [2.24, 2.45) is 0 Å². The van der Waals surface area contributed by atoms with Crippen LogP contribution in [0.3, 0.4) is 0 Å². The Bertz CT molecular complexity index is 536. The van der Waals surface area contributed by atoms with Crippen molar-refractivity contribution in [3.8, 4) is 11.8 Å². The van der Waals surface area contributed by atoms with Crippen molar-refractivity contribution in [3.63, 3.8) is 0 Å². The van der Waals surface area contributed by atoms with E-state index in [-0.39, 0.29) is 0 Å². The molecule has 0 aromatic heterocycles. The number of morpholine rings is 1. The maximum atomic E-state index is 9.06. The lowest BCUT2D eigenvalue weighted by molar-refractivity contribution is -0.0911. The molecule has 1 aromatic rings. The molecular formula is C17H22N2O2. The molecule has 1 aliphatic carbocycles. The van der Waals surface area contributed by atoms with Crippen LogP contribution in [0.25, 0.3) is 0 Å². The van der Waals surface area contributed by atoms with Crippen LogP contribution in [0.15, 0.2) is 18.2 Å².